The number of aromatic amines is 1. The molecule has 0 radical (unpaired) electrons. The minimum atomic E-state index is -0.279. The zero-order valence-electron chi connectivity index (χ0n) is 19.4. The molecular formula is C28H28N4O3. The average Bonchev–Trinajstić information content (AvgIpc) is 3.36. The summed E-state index contributed by atoms with van der Waals surface area (Å²) in [6.45, 7) is 1.53. The Hall–Kier alpha value is -4.13. The fraction of sp³-hybridized carbons (Fsp3) is 0.250. The maximum atomic E-state index is 12.7. The number of rotatable bonds is 6. The van der Waals surface area contributed by atoms with Crippen LogP contribution < -0.4 is 5.32 Å². The Kier molecular flexibility index (Phi) is 6.75. The number of anilines is 1. The second kappa shape index (κ2) is 10.4. The monoisotopic (exact) mass is 468 g/mol. The number of H-pyrrole nitrogens is 1. The first-order chi connectivity index (χ1) is 17.2. The highest BCUT2D eigenvalue weighted by Crippen LogP contribution is 2.28. The summed E-state index contributed by atoms with van der Waals surface area (Å²) < 4.78 is 5.45. The molecule has 2 N–H and O–H groups in total. The van der Waals surface area contributed by atoms with E-state index in [1.54, 1.807) is 4.90 Å². The van der Waals surface area contributed by atoms with Gasteiger partial charge in [0.25, 0.3) is 0 Å². The number of hydrogen-bond donors (Lipinski definition) is 2. The van der Waals surface area contributed by atoms with E-state index in [0.29, 0.717) is 18.9 Å². The van der Waals surface area contributed by atoms with Gasteiger partial charge in [-0.25, -0.2) is 4.79 Å². The SMILES string of the molecule is O=C(Cc1cccc2ccccc12)Nc1cc(C2CCN(C(=O)OCc3ccccc3)CC2)[nH]n1. The third kappa shape index (κ3) is 5.51. The van der Waals surface area contributed by atoms with Gasteiger partial charge >= 0.3 is 6.09 Å². The van der Waals surface area contributed by atoms with Crippen LogP contribution in [0.3, 0.4) is 0 Å². The number of nitrogens with one attached hydrogen (secondary N) is 2. The van der Waals surface area contributed by atoms with Gasteiger partial charge in [-0.1, -0.05) is 72.8 Å². The molecule has 7 nitrogen and oxygen atoms in total. The summed E-state index contributed by atoms with van der Waals surface area (Å²) in [7, 11) is 0. The highest BCUT2D eigenvalue weighted by molar-refractivity contribution is 5.95. The quantitative estimate of drug-likeness (QED) is 0.404. The van der Waals surface area contributed by atoms with Crippen LogP contribution in [0, 0.1) is 0 Å². The average molecular weight is 469 g/mol. The molecule has 1 aliphatic heterocycles. The maximum absolute atomic E-state index is 12.7. The molecule has 7 heteroatoms. The molecule has 0 aliphatic carbocycles. The molecule has 0 unspecified atom stereocenters. The van der Waals surface area contributed by atoms with Crippen LogP contribution in [0.15, 0.2) is 78.9 Å². The van der Waals surface area contributed by atoms with Crippen LogP contribution in [0.4, 0.5) is 10.6 Å². The van der Waals surface area contributed by atoms with E-state index in [1.165, 1.54) is 0 Å². The van der Waals surface area contributed by atoms with Crippen molar-refractivity contribution < 1.29 is 14.3 Å². The van der Waals surface area contributed by atoms with Gasteiger partial charge in [0.1, 0.15) is 6.61 Å². The van der Waals surface area contributed by atoms with E-state index in [-0.39, 0.29) is 30.9 Å². The van der Waals surface area contributed by atoms with E-state index in [9.17, 15) is 9.59 Å². The van der Waals surface area contributed by atoms with Crippen molar-refractivity contribution in [2.24, 2.45) is 0 Å². The molecule has 35 heavy (non-hydrogen) atoms. The molecule has 1 aromatic heterocycles. The zero-order chi connectivity index (χ0) is 24.0. The molecule has 2 amide bonds. The van der Waals surface area contributed by atoms with Crippen LogP contribution in [0.1, 0.15) is 35.6 Å². The van der Waals surface area contributed by atoms with Gasteiger partial charge < -0.3 is 15.0 Å². The Morgan fingerprint density at radius 2 is 1.71 bits per heavy atom. The van der Waals surface area contributed by atoms with Crippen LogP contribution >= 0.6 is 0 Å². The van der Waals surface area contributed by atoms with E-state index in [2.05, 4.69) is 15.5 Å². The van der Waals surface area contributed by atoms with E-state index < -0.39 is 0 Å². The van der Waals surface area contributed by atoms with Gasteiger partial charge in [-0.15, -0.1) is 0 Å². The second-order valence-corrected chi connectivity index (χ2v) is 8.87. The van der Waals surface area contributed by atoms with E-state index in [4.69, 9.17) is 4.74 Å². The molecule has 0 bridgehead atoms. The number of amides is 2. The number of carbonyl (C=O) groups is 2. The highest BCUT2D eigenvalue weighted by atomic mass is 16.6. The molecule has 0 atom stereocenters. The Balaban J connectivity index is 1.12. The Bertz CT molecular complexity index is 1300. The Morgan fingerprint density at radius 3 is 2.54 bits per heavy atom. The summed E-state index contributed by atoms with van der Waals surface area (Å²) >= 11 is 0. The number of hydrogen-bond acceptors (Lipinski definition) is 4. The number of ether oxygens (including phenoxy) is 1. The van der Waals surface area contributed by atoms with Crippen LogP contribution in [0.5, 0.6) is 0 Å². The molecule has 1 fully saturated rings. The van der Waals surface area contributed by atoms with Gasteiger partial charge in [-0.05, 0) is 34.7 Å². The molecule has 3 aromatic carbocycles. The molecule has 2 heterocycles. The van der Waals surface area contributed by atoms with E-state index in [0.717, 1.165) is 40.4 Å². The summed E-state index contributed by atoms with van der Waals surface area (Å²) in [6.07, 6.45) is 1.63. The van der Waals surface area contributed by atoms with Crippen molar-refractivity contribution in [2.45, 2.75) is 31.8 Å². The first-order valence-electron chi connectivity index (χ1n) is 11.9. The van der Waals surface area contributed by atoms with Gasteiger partial charge in [0, 0.05) is 30.8 Å². The third-order valence-corrected chi connectivity index (χ3v) is 6.49. The molecular weight excluding hydrogens is 440 g/mol. The number of carbonyl (C=O) groups excluding carboxylic acids is 2. The van der Waals surface area contributed by atoms with Crippen molar-refractivity contribution in [3.63, 3.8) is 0 Å². The number of benzene rings is 3. The van der Waals surface area contributed by atoms with Crippen LogP contribution in [0.25, 0.3) is 10.8 Å². The number of fused-ring (bicyclic) bond motifs is 1. The van der Waals surface area contributed by atoms with Crippen molar-refractivity contribution in [2.75, 3.05) is 18.4 Å². The van der Waals surface area contributed by atoms with Crippen molar-refractivity contribution in [1.29, 1.82) is 0 Å². The Labute approximate surface area is 204 Å². The summed E-state index contributed by atoms with van der Waals surface area (Å²) in [5, 5.41) is 12.5. The Morgan fingerprint density at radius 1 is 0.971 bits per heavy atom. The molecule has 0 saturated carbocycles. The number of nitrogens with zero attached hydrogens (tertiary/aromatic N) is 2. The first-order valence-corrected chi connectivity index (χ1v) is 11.9. The lowest BCUT2D eigenvalue weighted by atomic mass is 9.94. The van der Waals surface area contributed by atoms with Crippen molar-refractivity contribution in [1.82, 2.24) is 15.1 Å². The highest BCUT2D eigenvalue weighted by Gasteiger charge is 2.26. The minimum absolute atomic E-state index is 0.101. The molecule has 0 spiro atoms. The fourth-order valence-corrected chi connectivity index (χ4v) is 4.60. The van der Waals surface area contributed by atoms with Gasteiger partial charge in [0.05, 0.1) is 6.42 Å². The summed E-state index contributed by atoms with van der Waals surface area (Å²) in [5.41, 5.74) is 2.94. The summed E-state index contributed by atoms with van der Waals surface area (Å²) in [5.74, 6) is 0.676. The first kappa shape index (κ1) is 22.7. The van der Waals surface area contributed by atoms with Crippen LogP contribution in [-0.2, 0) is 22.6 Å². The molecule has 178 valence electrons. The lowest BCUT2D eigenvalue weighted by Gasteiger charge is -2.30. The fourth-order valence-electron chi connectivity index (χ4n) is 4.60. The number of aromatic nitrogens is 2. The van der Waals surface area contributed by atoms with Gasteiger partial charge in [-0.3, -0.25) is 9.89 Å². The predicted octanol–water partition coefficient (Wildman–Crippen LogP) is 5.26. The van der Waals surface area contributed by atoms with Gasteiger partial charge in [0.15, 0.2) is 5.82 Å². The number of piperidine rings is 1. The van der Waals surface area contributed by atoms with Crippen LogP contribution in [-0.4, -0.2) is 40.2 Å². The minimum Gasteiger partial charge on any atom is -0.445 e. The third-order valence-electron chi connectivity index (χ3n) is 6.49. The van der Waals surface area contributed by atoms with Gasteiger partial charge in [0.2, 0.25) is 5.91 Å². The topological polar surface area (TPSA) is 87.3 Å². The normalized spacial score (nSPS) is 14.1. The predicted molar refractivity (Wildman–Crippen MR) is 135 cm³/mol. The molecule has 1 saturated heterocycles. The lowest BCUT2D eigenvalue weighted by molar-refractivity contribution is -0.115. The smallest absolute Gasteiger partial charge is 0.410 e. The molecule has 5 rings (SSSR count). The van der Waals surface area contributed by atoms with Gasteiger partial charge in [-0.2, -0.15) is 5.10 Å². The lowest BCUT2D eigenvalue weighted by Crippen LogP contribution is -2.38. The summed E-state index contributed by atoms with van der Waals surface area (Å²) in [4.78, 5) is 26.8. The molecule has 4 aromatic rings. The number of likely N-dealkylation sites (tertiary alicyclic amines) is 1. The largest absolute Gasteiger partial charge is 0.445 e. The van der Waals surface area contributed by atoms with Crippen LogP contribution in [0.2, 0.25) is 0 Å². The van der Waals surface area contributed by atoms with E-state index in [1.807, 2.05) is 78.9 Å². The van der Waals surface area contributed by atoms with Crippen molar-refractivity contribution in [3.8, 4) is 0 Å². The standard InChI is InChI=1S/C28H28N4O3/c33-27(17-23-11-6-10-21-9-4-5-12-24(21)23)29-26-18-25(30-31-26)22-13-15-32(16-14-22)28(34)35-19-20-7-2-1-3-8-20/h1-12,18,22H,13-17,19H2,(H2,29,30,31,33). The van der Waals surface area contributed by atoms with Crippen molar-refractivity contribution >= 4 is 28.6 Å². The van der Waals surface area contributed by atoms with Crippen molar-refractivity contribution in [3.05, 3.63) is 95.7 Å². The molecule has 1 aliphatic rings. The zero-order valence-corrected chi connectivity index (χ0v) is 19.4. The summed E-state index contributed by atoms with van der Waals surface area (Å²) in [6, 6.07) is 25.6. The van der Waals surface area contributed by atoms with E-state index >= 15 is 0 Å². The maximum Gasteiger partial charge on any atom is 0.410 e. The second-order valence-electron chi connectivity index (χ2n) is 8.87.